The number of ether oxygens (including phenoxy) is 3. The van der Waals surface area contributed by atoms with Crippen LogP contribution in [-0.2, 0) is 16.0 Å². The normalized spacial score (nSPS) is 11.1. The van der Waals surface area contributed by atoms with E-state index in [1.165, 1.54) is 0 Å². The molecule has 2 aromatic heterocycles. The van der Waals surface area contributed by atoms with Gasteiger partial charge in [0.15, 0.2) is 5.65 Å². The molecule has 4 aromatic rings. The number of fused-ring (bicyclic) bond motifs is 2. The van der Waals surface area contributed by atoms with Gasteiger partial charge in [-0.3, -0.25) is 0 Å². The first-order chi connectivity index (χ1) is 14.6. The predicted octanol–water partition coefficient (Wildman–Crippen LogP) is 3.03. The summed E-state index contributed by atoms with van der Waals surface area (Å²) in [6.07, 6.45) is 0. The number of carbonyl (C=O) groups is 1. The summed E-state index contributed by atoms with van der Waals surface area (Å²) in [5, 5.41) is 0. The molecule has 2 aromatic carbocycles. The van der Waals surface area contributed by atoms with E-state index in [0.717, 1.165) is 11.3 Å². The van der Waals surface area contributed by atoms with Crippen LogP contribution in [0.25, 0.3) is 22.2 Å². The van der Waals surface area contributed by atoms with Crippen molar-refractivity contribution in [2.45, 2.75) is 6.54 Å². The molecular weight excluding hydrogens is 384 g/mol. The summed E-state index contributed by atoms with van der Waals surface area (Å²) in [4.78, 5) is 22.2. The lowest BCUT2D eigenvalue weighted by Crippen LogP contribution is -2.13. The van der Waals surface area contributed by atoms with Crippen LogP contribution in [0, 0.1) is 0 Å². The minimum Gasteiger partial charge on any atom is -0.496 e. The number of aromatic nitrogens is 3. The number of methoxy groups -OCH3 is 2. The summed E-state index contributed by atoms with van der Waals surface area (Å²) in [5.41, 5.74) is 9.84. The number of nitrogens with two attached hydrogens (primary N) is 1. The molecule has 0 bridgehead atoms. The van der Waals surface area contributed by atoms with Crippen LogP contribution >= 0.6 is 0 Å². The Labute approximate surface area is 173 Å². The maximum atomic E-state index is 12.8. The van der Waals surface area contributed by atoms with Crippen LogP contribution in [0.15, 0.2) is 48.5 Å². The minimum absolute atomic E-state index is 0.120. The average molecular weight is 406 g/mol. The largest absolute Gasteiger partial charge is 0.496 e. The van der Waals surface area contributed by atoms with Crippen molar-refractivity contribution in [2.24, 2.45) is 0 Å². The molecule has 0 aliphatic carbocycles. The highest BCUT2D eigenvalue weighted by Crippen LogP contribution is 2.30. The topological polar surface area (TPSA) is 101 Å². The number of hydrogen-bond acceptors (Lipinski definition) is 7. The molecule has 0 unspecified atom stereocenters. The van der Waals surface area contributed by atoms with Crippen molar-refractivity contribution in [3.63, 3.8) is 0 Å². The van der Waals surface area contributed by atoms with Gasteiger partial charge in [0.2, 0.25) is 0 Å². The van der Waals surface area contributed by atoms with E-state index in [-0.39, 0.29) is 18.0 Å². The van der Waals surface area contributed by atoms with E-state index < -0.39 is 5.97 Å². The highest BCUT2D eigenvalue weighted by atomic mass is 16.6. The number of para-hydroxylation sites is 3. The Kier molecular flexibility index (Phi) is 5.49. The molecule has 4 rings (SSSR count). The van der Waals surface area contributed by atoms with Gasteiger partial charge in [-0.2, -0.15) is 0 Å². The molecular formula is C22H22N4O4. The van der Waals surface area contributed by atoms with Crippen LogP contribution in [0.3, 0.4) is 0 Å². The van der Waals surface area contributed by atoms with E-state index in [9.17, 15) is 4.79 Å². The van der Waals surface area contributed by atoms with Gasteiger partial charge in [0.05, 0.1) is 31.3 Å². The third-order valence-corrected chi connectivity index (χ3v) is 4.84. The van der Waals surface area contributed by atoms with Crippen molar-refractivity contribution in [2.75, 3.05) is 33.2 Å². The summed E-state index contributed by atoms with van der Waals surface area (Å²) in [5.74, 6) is 0.406. The van der Waals surface area contributed by atoms with E-state index in [4.69, 9.17) is 24.9 Å². The molecule has 0 amide bonds. The Morgan fingerprint density at radius 3 is 2.43 bits per heavy atom. The maximum Gasteiger partial charge on any atom is 0.344 e. The molecule has 154 valence electrons. The highest BCUT2D eigenvalue weighted by Gasteiger charge is 2.25. The van der Waals surface area contributed by atoms with E-state index in [1.807, 2.05) is 48.5 Å². The Bertz CT molecular complexity index is 1220. The first kappa shape index (κ1) is 19.7. The molecule has 8 heteroatoms. The number of rotatable bonds is 7. The summed E-state index contributed by atoms with van der Waals surface area (Å²) >= 11 is 0. The maximum absolute atomic E-state index is 12.8. The van der Waals surface area contributed by atoms with Gasteiger partial charge in [-0.25, -0.2) is 14.8 Å². The number of carbonyl (C=O) groups excluding carboxylic acids is 1. The van der Waals surface area contributed by atoms with Gasteiger partial charge in [0.25, 0.3) is 0 Å². The van der Waals surface area contributed by atoms with Crippen molar-refractivity contribution < 1.29 is 19.0 Å². The summed E-state index contributed by atoms with van der Waals surface area (Å²) < 4.78 is 17.5. The zero-order chi connectivity index (χ0) is 21.1. The van der Waals surface area contributed by atoms with Gasteiger partial charge in [-0.15, -0.1) is 0 Å². The van der Waals surface area contributed by atoms with Crippen LogP contribution in [0.5, 0.6) is 5.75 Å². The van der Waals surface area contributed by atoms with Crippen LogP contribution < -0.4 is 10.5 Å². The lowest BCUT2D eigenvalue weighted by atomic mass is 10.2. The lowest BCUT2D eigenvalue weighted by Gasteiger charge is -2.11. The van der Waals surface area contributed by atoms with Gasteiger partial charge in [-0.1, -0.05) is 30.3 Å². The summed E-state index contributed by atoms with van der Waals surface area (Å²) in [6, 6.07) is 15.1. The fourth-order valence-electron chi connectivity index (χ4n) is 3.37. The zero-order valence-electron chi connectivity index (χ0n) is 16.8. The number of hydrogen-bond donors (Lipinski definition) is 1. The Morgan fingerprint density at radius 1 is 1.00 bits per heavy atom. The molecule has 30 heavy (non-hydrogen) atoms. The monoisotopic (exact) mass is 406 g/mol. The molecule has 0 aliphatic rings. The van der Waals surface area contributed by atoms with Gasteiger partial charge in [-0.05, 0) is 18.2 Å². The number of anilines is 1. The average Bonchev–Trinajstić information content (AvgIpc) is 3.03. The van der Waals surface area contributed by atoms with Gasteiger partial charge in [0.1, 0.15) is 29.3 Å². The Morgan fingerprint density at radius 2 is 1.70 bits per heavy atom. The molecule has 0 atom stereocenters. The molecule has 0 fully saturated rings. The minimum atomic E-state index is -0.557. The van der Waals surface area contributed by atoms with Crippen LogP contribution in [0.4, 0.5) is 5.82 Å². The molecule has 2 N–H and O–H groups in total. The van der Waals surface area contributed by atoms with Gasteiger partial charge in [0, 0.05) is 12.7 Å². The smallest absolute Gasteiger partial charge is 0.344 e. The lowest BCUT2D eigenvalue weighted by molar-refractivity contribution is 0.0391. The fourth-order valence-corrected chi connectivity index (χ4v) is 3.37. The third-order valence-electron chi connectivity index (χ3n) is 4.84. The van der Waals surface area contributed by atoms with Crippen LogP contribution in [0.1, 0.15) is 15.9 Å². The Balaban J connectivity index is 1.89. The van der Waals surface area contributed by atoms with Crippen molar-refractivity contribution in [3.05, 3.63) is 59.7 Å². The summed E-state index contributed by atoms with van der Waals surface area (Å²) in [6.45, 7) is 0.778. The summed E-state index contributed by atoms with van der Waals surface area (Å²) in [7, 11) is 3.15. The third kappa shape index (κ3) is 3.53. The molecule has 8 nitrogen and oxygen atoms in total. The van der Waals surface area contributed by atoms with Crippen LogP contribution in [0.2, 0.25) is 0 Å². The van der Waals surface area contributed by atoms with E-state index in [2.05, 4.69) is 4.98 Å². The second-order valence-electron chi connectivity index (χ2n) is 6.67. The van der Waals surface area contributed by atoms with Crippen molar-refractivity contribution in [3.8, 4) is 5.75 Å². The first-order valence-corrected chi connectivity index (χ1v) is 9.46. The number of esters is 1. The number of nitrogen functional groups attached to an aromatic ring is 1. The van der Waals surface area contributed by atoms with E-state index >= 15 is 0 Å². The number of benzene rings is 2. The quantitative estimate of drug-likeness (QED) is 0.372. The molecule has 0 aliphatic heterocycles. The molecule has 2 heterocycles. The number of nitrogens with zero attached hydrogens (tertiary/aromatic N) is 3. The van der Waals surface area contributed by atoms with E-state index in [1.54, 1.807) is 18.8 Å². The van der Waals surface area contributed by atoms with E-state index in [0.29, 0.717) is 35.3 Å². The molecule has 0 saturated heterocycles. The second kappa shape index (κ2) is 8.38. The fraction of sp³-hybridized carbons (Fsp3) is 0.227. The van der Waals surface area contributed by atoms with Crippen molar-refractivity contribution in [1.29, 1.82) is 0 Å². The van der Waals surface area contributed by atoms with Crippen molar-refractivity contribution in [1.82, 2.24) is 14.5 Å². The van der Waals surface area contributed by atoms with Crippen molar-refractivity contribution >= 4 is 34.0 Å². The van der Waals surface area contributed by atoms with Gasteiger partial charge >= 0.3 is 5.97 Å². The predicted molar refractivity (Wildman–Crippen MR) is 114 cm³/mol. The molecule has 0 saturated carbocycles. The highest BCUT2D eigenvalue weighted by molar-refractivity contribution is 6.08. The second-order valence-corrected chi connectivity index (χ2v) is 6.67. The van der Waals surface area contributed by atoms with Gasteiger partial charge < -0.3 is 24.5 Å². The SMILES string of the molecule is COCCOC(=O)c1c(N)n(Cc2ccccc2OC)c2nc3ccccc3nc12. The molecule has 0 spiro atoms. The molecule has 0 radical (unpaired) electrons. The first-order valence-electron chi connectivity index (χ1n) is 9.46. The van der Waals surface area contributed by atoms with Crippen LogP contribution in [-0.4, -0.2) is 47.9 Å². The Hall–Kier alpha value is -3.65. The zero-order valence-corrected chi connectivity index (χ0v) is 16.8. The standard InChI is InChI=1S/C22H22N4O4/c1-28-11-12-30-22(27)18-19-21(25-16-9-5-4-8-15(16)24-19)26(20(18)23)13-14-7-3-6-10-17(14)29-2/h3-10H,11-13,23H2,1-2H3.